The van der Waals surface area contributed by atoms with E-state index < -0.39 is 12.8 Å². The molecule has 2 atom stereocenters. The van der Waals surface area contributed by atoms with E-state index in [1.54, 1.807) is 19.2 Å². The first-order valence-corrected chi connectivity index (χ1v) is 9.41. The number of carbonyl (C=O) groups is 1. The number of aromatic nitrogens is 2. The molecule has 1 aromatic carbocycles. The van der Waals surface area contributed by atoms with E-state index in [0.29, 0.717) is 24.3 Å². The average Bonchev–Trinajstić information content (AvgIpc) is 3.29. The molecule has 1 aromatic heterocycles. The van der Waals surface area contributed by atoms with E-state index in [9.17, 15) is 18.0 Å². The summed E-state index contributed by atoms with van der Waals surface area (Å²) in [5.74, 6) is -0.446. The number of nitrogens with one attached hydrogen (secondary N) is 1. The maximum atomic E-state index is 12.8. The first-order chi connectivity index (χ1) is 13.6. The number of anilines is 1. The number of nitrogens with zero attached hydrogens (tertiary/aromatic N) is 2. The molecule has 0 saturated carbocycles. The molecule has 1 aliphatic rings. The molecule has 1 amide bonds. The number of alkyl halides is 3. The minimum atomic E-state index is -4.40. The fraction of sp³-hybridized carbons (Fsp3) is 0.500. The number of aryl methyl sites for hydroxylation is 1. The van der Waals surface area contributed by atoms with Crippen LogP contribution in [-0.4, -0.2) is 35.1 Å². The highest BCUT2D eigenvalue weighted by molar-refractivity contribution is 5.93. The third-order valence-corrected chi connectivity index (χ3v) is 4.74. The van der Waals surface area contributed by atoms with E-state index in [1.807, 2.05) is 24.7 Å². The molecule has 9 heteroatoms. The van der Waals surface area contributed by atoms with Crippen LogP contribution in [0.1, 0.15) is 43.5 Å². The van der Waals surface area contributed by atoms with Crippen LogP contribution in [0.25, 0.3) is 0 Å². The maximum Gasteiger partial charge on any atom is 0.422 e. The topological polar surface area (TPSA) is 65.4 Å². The van der Waals surface area contributed by atoms with Crippen LogP contribution in [0.4, 0.5) is 18.9 Å². The predicted molar refractivity (Wildman–Crippen MR) is 101 cm³/mol. The molecule has 0 unspecified atom stereocenters. The second-order valence-corrected chi connectivity index (χ2v) is 7.41. The largest absolute Gasteiger partial charge is 0.484 e. The van der Waals surface area contributed by atoms with Crippen LogP contribution in [-0.2, 0) is 9.53 Å². The Hall–Kier alpha value is -2.55. The lowest BCUT2D eigenvalue weighted by atomic mass is 9.96. The van der Waals surface area contributed by atoms with Gasteiger partial charge in [-0.3, -0.25) is 9.48 Å². The molecule has 1 saturated heterocycles. The summed E-state index contributed by atoms with van der Waals surface area (Å²) in [4.78, 5) is 12.8. The third kappa shape index (κ3) is 5.29. The van der Waals surface area contributed by atoms with Crippen LogP contribution < -0.4 is 10.1 Å². The van der Waals surface area contributed by atoms with E-state index in [1.165, 1.54) is 12.1 Å². The lowest BCUT2D eigenvalue weighted by Crippen LogP contribution is -2.25. The van der Waals surface area contributed by atoms with Gasteiger partial charge in [-0.05, 0) is 51.0 Å². The molecule has 6 nitrogen and oxygen atoms in total. The molecule has 1 fully saturated rings. The molecular formula is C20H24F3N3O3. The summed E-state index contributed by atoms with van der Waals surface area (Å²) in [6.45, 7) is 4.77. The molecule has 1 N–H and O–H groups in total. The standard InChI is InChI=1S/C20H24F3N3O3/c1-12(2)26-10-14(9-24-26)18-16(6-7-28-18)19(27)25-15-4-5-17(13(3)8-15)29-11-20(21,22)23/h4-5,8-10,12,16,18H,6-7,11H2,1-3H3,(H,25,27)/t16-,18+/m0/s1. The zero-order valence-electron chi connectivity index (χ0n) is 16.5. The Labute approximate surface area is 167 Å². The van der Waals surface area contributed by atoms with E-state index >= 15 is 0 Å². The number of rotatable bonds is 6. The summed E-state index contributed by atoms with van der Waals surface area (Å²) in [5, 5.41) is 7.13. The molecule has 0 bridgehead atoms. The fourth-order valence-electron chi connectivity index (χ4n) is 3.25. The van der Waals surface area contributed by atoms with Crippen LogP contribution in [0.5, 0.6) is 5.75 Å². The number of hydrogen-bond acceptors (Lipinski definition) is 4. The Bertz CT molecular complexity index is 864. The van der Waals surface area contributed by atoms with Gasteiger partial charge in [-0.25, -0.2) is 0 Å². The Kier molecular flexibility index (Phi) is 6.16. The van der Waals surface area contributed by atoms with Gasteiger partial charge in [0.15, 0.2) is 6.61 Å². The first-order valence-electron chi connectivity index (χ1n) is 9.41. The van der Waals surface area contributed by atoms with Crippen molar-refractivity contribution in [2.45, 2.75) is 45.5 Å². The molecule has 158 valence electrons. The number of hydrogen-bond donors (Lipinski definition) is 1. The lowest BCUT2D eigenvalue weighted by molar-refractivity contribution is -0.153. The predicted octanol–water partition coefficient (Wildman–Crippen LogP) is 4.43. The molecule has 0 aliphatic carbocycles. The fourth-order valence-corrected chi connectivity index (χ4v) is 3.25. The number of ether oxygens (including phenoxy) is 2. The smallest absolute Gasteiger partial charge is 0.422 e. The van der Waals surface area contributed by atoms with Crippen molar-refractivity contribution in [3.8, 4) is 5.75 Å². The molecule has 2 heterocycles. The van der Waals surface area contributed by atoms with Crippen LogP contribution >= 0.6 is 0 Å². The molecule has 29 heavy (non-hydrogen) atoms. The minimum absolute atomic E-state index is 0.128. The Morgan fingerprint density at radius 1 is 1.41 bits per heavy atom. The molecule has 3 rings (SSSR count). The highest BCUT2D eigenvalue weighted by Crippen LogP contribution is 2.35. The zero-order valence-corrected chi connectivity index (χ0v) is 16.5. The van der Waals surface area contributed by atoms with Gasteiger partial charge in [-0.2, -0.15) is 18.3 Å². The van der Waals surface area contributed by atoms with Crippen molar-refractivity contribution < 1.29 is 27.4 Å². The van der Waals surface area contributed by atoms with Gasteiger partial charge in [0.1, 0.15) is 5.75 Å². The van der Waals surface area contributed by atoms with Crippen molar-refractivity contribution in [2.24, 2.45) is 5.92 Å². The van der Waals surface area contributed by atoms with Gasteiger partial charge in [0.25, 0.3) is 0 Å². The van der Waals surface area contributed by atoms with Crippen LogP contribution in [0, 0.1) is 12.8 Å². The molecule has 2 aromatic rings. The molecular weight excluding hydrogens is 387 g/mol. The zero-order chi connectivity index (χ0) is 21.2. The van der Waals surface area contributed by atoms with E-state index in [-0.39, 0.29) is 29.7 Å². The average molecular weight is 411 g/mol. The second kappa shape index (κ2) is 8.44. The van der Waals surface area contributed by atoms with Crippen LogP contribution in [0.3, 0.4) is 0 Å². The Balaban J connectivity index is 1.66. The summed E-state index contributed by atoms with van der Waals surface area (Å²) in [6.07, 6.45) is -0.599. The second-order valence-electron chi connectivity index (χ2n) is 7.41. The van der Waals surface area contributed by atoms with Gasteiger partial charge in [-0.15, -0.1) is 0 Å². The SMILES string of the molecule is Cc1cc(NC(=O)[C@H]2CCO[C@@H]2c2cnn(C(C)C)c2)ccc1OCC(F)(F)F. The minimum Gasteiger partial charge on any atom is -0.484 e. The van der Waals surface area contributed by atoms with Gasteiger partial charge in [-0.1, -0.05) is 0 Å². The highest BCUT2D eigenvalue weighted by atomic mass is 19.4. The summed E-state index contributed by atoms with van der Waals surface area (Å²) >= 11 is 0. The number of carbonyl (C=O) groups excluding carboxylic acids is 1. The number of benzene rings is 1. The summed E-state index contributed by atoms with van der Waals surface area (Å²) < 4.78 is 49.3. The van der Waals surface area contributed by atoms with Crippen molar-refractivity contribution in [3.05, 3.63) is 41.7 Å². The van der Waals surface area contributed by atoms with Crippen molar-refractivity contribution in [3.63, 3.8) is 0 Å². The third-order valence-electron chi connectivity index (χ3n) is 4.74. The monoisotopic (exact) mass is 411 g/mol. The Morgan fingerprint density at radius 3 is 2.79 bits per heavy atom. The molecule has 1 aliphatic heterocycles. The van der Waals surface area contributed by atoms with Gasteiger partial charge >= 0.3 is 6.18 Å². The normalized spacial score (nSPS) is 19.6. The van der Waals surface area contributed by atoms with Crippen LogP contribution in [0.15, 0.2) is 30.6 Å². The van der Waals surface area contributed by atoms with Crippen molar-refractivity contribution in [1.29, 1.82) is 0 Å². The van der Waals surface area contributed by atoms with Crippen molar-refractivity contribution in [2.75, 3.05) is 18.5 Å². The Morgan fingerprint density at radius 2 is 2.17 bits per heavy atom. The molecule has 0 radical (unpaired) electrons. The van der Waals surface area contributed by atoms with Gasteiger partial charge in [0, 0.05) is 30.1 Å². The van der Waals surface area contributed by atoms with Gasteiger partial charge in [0.05, 0.1) is 18.2 Å². The van der Waals surface area contributed by atoms with Crippen molar-refractivity contribution >= 4 is 11.6 Å². The summed E-state index contributed by atoms with van der Waals surface area (Å²) in [7, 11) is 0. The van der Waals surface area contributed by atoms with Gasteiger partial charge < -0.3 is 14.8 Å². The maximum absolute atomic E-state index is 12.8. The van der Waals surface area contributed by atoms with E-state index in [4.69, 9.17) is 9.47 Å². The van der Waals surface area contributed by atoms with Crippen LogP contribution in [0.2, 0.25) is 0 Å². The summed E-state index contributed by atoms with van der Waals surface area (Å²) in [6, 6.07) is 4.74. The van der Waals surface area contributed by atoms with E-state index in [2.05, 4.69) is 10.4 Å². The number of amides is 1. The quantitative estimate of drug-likeness (QED) is 0.764. The van der Waals surface area contributed by atoms with Gasteiger partial charge in [0.2, 0.25) is 5.91 Å². The first kappa shape index (κ1) is 21.2. The number of halogens is 3. The lowest BCUT2D eigenvalue weighted by Gasteiger charge is -2.18. The molecule has 0 spiro atoms. The highest BCUT2D eigenvalue weighted by Gasteiger charge is 2.36. The van der Waals surface area contributed by atoms with E-state index in [0.717, 1.165) is 5.56 Å². The summed E-state index contributed by atoms with van der Waals surface area (Å²) in [5.41, 5.74) is 1.85. The van der Waals surface area contributed by atoms with Crippen molar-refractivity contribution in [1.82, 2.24) is 9.78 Å².